The highest BCUT2D eigenvalue weighted by atomic mass is 16.2. The van der Waals surface area contributed by atoms with E-state index in [9.17, 15) is 4.79 Å². The van der Waals surface area contributed by atoms with Gasteiger partial charge >= 0.3 is 0 Å². The molecule has 0 aromatic carbocycles. The Bertz CT molecular complexity index is 159. The molecule has 1 aliphatic carbocycles. The lowest BCUT2D eigenvalue weighted by Crippen LogP contribution is -2.37. The van der Waals surface area contributed by atoms with Crippen molar-refractivity contribution >= 4 is 5.91 Å². The predicted molar refractivity (Wildman–Crippen MR) is 42.1 cm³/mol. The van der Waals surface area contributed by atoms with Crippen LogP contribution in [0.2, 0.25) is 0 Å². The molecule has 1 heterocycles. The first-order chi connectivity index (χ1) is 5.36. The van der Waals surface area contributed by atoms with Gasteiger partial charge in [-0.1, -0.05) is 0 Å². The molecule has 1 atom stereocenters. The van der Waals surface area contributed by atoms with Crippen LogP contribution in [0.5, 0.6) is 0 Å². The molecule has 1 aliphatic heterocycles. The lowest BCUT2D eigenvalue weighted by atomic mass is 10.2. The second-order valence-electron chi connectivity index (χ2n) is 3.47. The van der Waals surface area contributed by atoms with Crippen LogP contribution in [0.15, 0.2) is 0 Å². The van der Waals surface area contributed by atoms with E-state index < -0.39 is 0 Å². The molecule has 2 fully saturated rings. The van der Waals surface area contributed by atoms with Gasteiger partial charge in [-0.2, -0.15) is 0 Å². The Balaban J connectivity index is 1.74. The highest BCUT2D eigenvalue weighted by Crippen LogP contribution is 2.28. The molecule has 0 spiro atoms. The average molecular weight is 154 g/mol. The normalized spacial score (nSPS) is 30.4. The predicted octanol–water partition coefficient (Wildman–Crippen LogP) is -0.126. The van der Waals surface area contributed by atoms with E-state index in [2.05, 4.69) is 10.6 Å². The first kappa shape index (κ1) is 7.10. The summed E-state index contributed by atoms with van der Waals surface area (Å²) < 4.78 is 0. The molecular formula is C8H14N2O. The lowest BCUT2D eigenvalue weighted by molar-refractivity contribution is -0.122. The minimum Gasteiger partial charge on any atom is -0.352 e. The van der Waals surface area contributed by atoms with Crippen LogP contribution in [0.25, 0.3) is 0 Å². The molecule has 0 unspecified atom stereocenters. The number of amides is 1. The van der Waals surface area contributed by atoms with E-state index in [1.54, 1.807) is 0 Å². The number of hydrogen-bond acceptors (Lipinski definition) is 2. The topological polar surface area (TPSA) is 41.1 Å². The summed E-state index contributed by atoms with van der Waals surface area (Å²) in [6, 6.07) is 0.406. The van der Waals surface area contributed by atoms with Gasteiger partial charge in [0.2, 0.25) is 5.91 Å². The van der Waals surface area contributed by atoms with E-state index >= 15 is 0 Å². The molecule has 62 valence electrons. The zero-order valence-corrected chi connectivity index (χ0v) is 6.60. The maximum atomic E-state index is 11.2. The van der Waals surface area contributed by atoms with Crippen molar-refractivity contribution in [3.63, 3.8) is 0 Å². The van der Waals surface area contributed by atoms with Gasteiger partial charge in [0.25, 0.3) is 0 Å². The monoisotopic (exact) mass is 154 g/mol. The second kappa shape index (κ2) is 2.81. The van der Waals surface area contributed by atoms with Crippen molar-refractivity contribution in [3.05, 3.63) is 0 Å². The Morgan fingerprint density at radius 2 is 2.18 bits per heavy atom. The van der Waals surface area contributed by atoms with Crippen LogP contribution in [0.3, 0.4) is 0 Å². The number of hydrogen-bond donors (Lipinski definition) is 2. The minimum absolute atomic E-state index is 0.277. The van der Waals surface area contributed by atoms with Gasteiger partial charge in [-0.25, -0.2) is 0 Å². The summed E-state index contributed by atoms with van der Waals surface area (Å²) in [5.41, 5.74) is 0. The lowest BCUT2D eigenvalue weighted by Gasteiger charge is -2.09. The number of carbonyl (C=O) groups is 1. The van der Waals surface area contributed by atoms with E-state index in [4.69, 9.17) is 0 Å². The first-order valence-electron chi connectivity index (χ1n) is 4.37. The van der Waals surface area contributed by atoms with Crippen LogP contribution in [0.1, 0.15) is 19.3 Å². The number of rotatable bonds is 2. The fraction of sp³-hybridized carbons (Fsp3) is 0.875. The summed E-state index contributed by atoms with van der Waals surface area (Å²) in [4.78, 5) is 11.2. The molecule has 1 amide bonds. The third kappa shape index (κ3) is 1.71. The van der Waals surface area contributed by atoms with Crippen molar-refractivity contribution in [3.8, 4) is 0 Å². The quantitative estimate of drug-likeness (QED) is 0.582. The van der Waals surface area contributed by atoms with Crippen LogP contribution in [-0.2, 0) is 4.79 Å². The zero-order valence-electron chi connectivity index (χ0n) is 6.60. The highest BCUT2D eigenvalue weighted by Gasteiger charge is 2.31. The van der Waals surface area contributed by atoms with E-state index in [-0.39, 0.29) is 5.91 Å². The molecule has 2 rings (SSSR count). The Hall–Kier alpha value is -0.570. The standard InChI is InChI=1S/C8H14N2O/c11-8(6-1-2-6)10-7-3-4-9-5-7/h6-7,9H,1-5H2,(H,10,11)/t7-/m1/s1. The van der Waals surface area contributed by atoms with Gasteiger partial charge in [-0.15, -0.1) is 0 Å². The molecule has 3 nitrogen and oxygen atoms in total. The highest BCUT2D eigenvalue weighted by molar-refractivity contribution is 5.81. The van der Waals surface area contributed by atoms with Crippen molar-refractivity contribution in [2.45, 2.75) is 25.3 Å². The van der Waals surface area contributed by atoms with Gasteiger partial charge in [0.15, 0.2) is 0 Å². The third-order valence-corrected chi connectivity index (χ3v) is 2.35. The molecule has 1 saturated carbocycles. The Morgan fingerprint density at radius 3 is 2.73 bits per heavy atom. The summed E-state index contributed by atoms with van der Waals surface area (Å²) in [6.07, 6.45) is 3.30. The Labute approximate surface area is 66.5 Å². The number of nitrogens with one attached hydrogen (secondary N) is 2. The van der Waals surface area contributed by atoms with Crippen LogP contribution in [0.4, 0.5) is 0 Å². The zero-order chi connectivity index (χ0) is 7.68. The Kier molecular flexibility index (Phi) is 1.82. The molecule has 11 heavy (non-hydrogen) atoms. The largest absolute Gasteiger partial charge is 0.352 e. The fourth-order valence-electron chi connectivity index (χ4n) is 1.44. The van der Waals surface area contributed by atoms with Crippen LogP contribution < -0.4 is 10.6 Å². The molecule has 1 saturated heterocycles. The molecule has 0 aromatic rings. The summed E-state index contributed by atoms with van der Waals surface area (Å²) in [6.45, 7) is 2.01. The molecular weight excluding hydrogens is 140 g/mol. The third-order valence-electron chi connectivity index (χ3n) is 2.35. The first-order valence-corrected chi connectivity index (χ1v) is 4.37. The van der Waals surface area contributed by atoms with Crippen molar-refractivity contribution in [2.24, 2.45) is 5.92 Å². The molecule has 0 aromatic heterocycles. The van der Waals surface area contributed by atoms with Crippen LogP contribution in [-0.4, -0.2) is 25.0 Å². The van der Waals surface area contributed by atoms with Crippen molar-refractivity contribution < 1.29 is 4.79 Å². The average Bonchev–Trinajstić information content (AvgIpc) is 2.73. The van der Waals surface area contributed by atoms with Gasteiger partial charge < -0.3 is 10.6 Å². The van der Waals surface area contributed by atoms with Crippen LogP contribution in [0, 0.1) is 5.92 Å². The Morgan fingerprint density at radius 1 is 1.36 bits per heavy atom. The minimum atomic E-state index is 0.277. The molecule has 2 N–H and O–H groups in total. The SMILES string of the molecule is O=C(N[C@@H]1CCNC1)C1CC1. The van der Waals surface area contributed by atoms with Crippen molar-refractivity contribution in [1.29, 1.82) is 0 Å². The van der Waals surface area contributed by atoms with Crippen molar-refractivity contribution in [1.82, 2.24) is 10.6 Å². The van der Waals surface area contributed by atoms with E-state index in [0.717, 1.165) is 32.4 Å². The van der Waals surface area contributed by atoms with E-state index in [1.165, 1.54) is 0 Å². The van der Waals surface area contributed by atoms with Gasteiger partial charge in [-0.05, 0) is 25.8 Å². The van der Waals surface area contributed by atoms with E-state index in [0.29, 0.717) is 12.0 Å². The molecule has 3 heteroatoms. The molecule has 0 radical (unpaired) electrons. The second-order valence-corrected chi connectivity index (χ2v) is 3.47. The van der Waals surface area contributed by atoms with Gasteiger partial charge in [0.1, 0.15) is 0 Å². The van der Waals surface area contributed by atoms with Gasteiger partial charge in [0, 0.05) is 18.5 Å². The maximum Gasteiger partial charge on any atom is 0.223 e. The van der Waals surface area contributed by atoms with Crippen LogP contribution >= 0.6 is 0 Å². The molecule has 0 bridgehead atoms. The number of carbonyl (C=O) groups excluding carboxylic acids is 1. The summed E-state index contributed by atoms with van der Waals surface area (Å²) >= 11 is 0. The summed E-state index contributed by atoms with van der Waals surface area (Å²) in [5.74, 6) is 0.634. The van der Waals surface area contributed by atoms with E-state index in [1.807, 2.05) is 0 Å². The summed E-state index contributed by atoms with van der Waals surface area (Å²) in [7, 11) is 0. The van der Waals surface area contributed by atoms with Crippen molar-refractivity contribution in [2.75, 3.05) is 13.1 Å². The van der Waals surface area contributed by atoms with Gasteiger partial charge in [-0.3, -0.25) is 4.79 Å². The fourth-order valence-corrected chi connectivity index (χ4v) is 1.44. The van der Waals surface area contributed by atoms with Gasteiger partial charge in [0.05, 0.1) is 0 Å². The smallest absolute Gasteiger partial charge is 0.223 e. The molecule has 2 aliphatic rings. The maximum absolute atomic E-state index is 11.2. The summed E-state index contributed by atoms with van der Waals surface area (Å²) in [5, 5.41) is 6.26.